The SMILES string of the molecule is O=C(NNC(=O)C1(c2cccc(Cl)c2)CCCCC1)c1ccc2c(c1)OCCO2. The average Bonchev–Trinajstić information content (AvgIpc) is 2.77. The van der Waals surface area contributed by atoms with Crippen molar-refractivity contribution < 1.29 is 19.1 Å². The number of rotatable bonds is 3. The molecular weight excluding hydrogens is 392 g/mol. The summed E-state index contributed by atoms with van der Waals surface area (Å²) in [6.45, 7) is 0.928. The molecule has 1 aliphatic carbocycles. The average molecular weight is 415 g/mol. The topological polar surface area (TPSA) is 76.7 Å². The molecule has 152 valence electrons. The van der Waals surface area contributed by atoms with Crippen molar-refractivity contribution in [3.8, 4) is 11.5 Å². The highest BCUT2D eigenvalue weighted by Crippen LogP contribution is 2.40. The number of nitrogens with one attached hydrogen (secondary N) is 2. The number of benzene rings is 2. The van der Waals surface area contributed by atoms with Crippen LogP contribution in [0.5, 0.6) is 11.5 Å². The first-order valence-corrected chi connectivity index (χ1v) is 10.2. The Morgan fingerprint density at radius 3 is 2.41 bits per heavy atom. The summed E-state index contributed by atoms with van der Waals surface area (Å²) < 4.78 is 11.0. The van der Waals surface area contributed by atoms with Crippen molar-refractivity contribution in [1.82, 2.24) is 10.9 Å². The molecule has 29 heavy (non-hydrogen) atoms. The summed E-state index contributed by atoms with van der Waals surface area (Å²) in [5.74, 6) is 0.509. The summed E-state index contributed by atoms with van der Waals surface area (Å²) in [5.41, 5.74) is 5.76. The Kier molecular flexibility index (Phi) is 5.62. The Hall–Kier alpha value is -2.73. The Labute approximate surface area is 174 Å². The van der Waals surface area contributed by atoms with E-state index < -0.39 is 11.3 Å². The molecule has 2 aliphatic rings. The van der Waals surface area contributed by atoms with E-state index in [1.54, 1.807) is 24.3 Å². The lowest BCUT2D eigenvalue weighted by molar-refractivity contribution is -0.128. The zero-order chi connectivity index (χ0) is 20.3. The van der Waals surface area contributed by atoms with Gasteiger partial charge in [0, 0.05) is 10.6 Å². The Balaban J connectivity index is 1.49. The maximum atomic E-state index is 13.2. The van der Waals surface area contributed by atoms with Gasteiger partial charge in [0.05, 0.1) is 5.41 Å². The molecule has 0 saturated heterocycles. The fourth-order valence-corrected chi connectivity index (χ4v) is 4.27. The van der Waals surface area contributed by atoms with Crippen molar-refractivity contribution >= 4 is 23.4 Å². The van der Waals surface area contributed by atoms with Crippen molar-refractivity contribution in [2.24, 2.45) is 0 Å². The van der Waals surface area contributed by atoms with E-state index in [0.29, 0.717) is 35.3 Å². The van der Waals surface area contributed by atoms with Crippen LogP contribution in [-0.4, -0.2) is 25.0 Å². The largest absolute Gasteiger partial charge is 0.486 e. The Bertz CT molecular complexity index is 925. The van der Waals surface area contributed by atoms with E-state index in [2.05, 4.69) is 10.9 Å². The molecular formula is C22H23ClN2O4. The van der Waals surface area contributed by atoms with Gasteiger partial charge < -0.3 is 9.47 Å². The molecule has 1 fully saturated rings. The van der Waals surface area contributed by atoms with Crippen molar-refractivity contribution in [2.45, 2.75) is 37.5 Å². The predicted molar refractivity (Wildman–Crippen MR) is 109 cm³/mol. The first-order valence-electron chi connectivity index (χ1n) is 9.85. The molecule has 7 heteroatoms. The lowest BCUT2D eigenvalue weighted by Crippen LogP contribution is -2.52. The van der Waals surface area contributed by atoms with Gasteiger partial charge in [-0.3, -0.25) is 20.4 Å². The van der Waals surface area contributed by atoms with Crippen molar-refractivity contribution in [3.63, 3.8) is 0 Å². The van der Waals surface area contributed by atoms with E-state index in [4.69, 9.17) is 21.1 Å². The number of carbonyl (C=O) groups excluding carboxylic acids is 2. The highest BCUT2D eigenvalue weighted by atomic mass is 35.5. The fraction of sp³-hybridized carbons (Fsp3) is 0.364. The molecule has 2 N–H and O–H groups in total. The second-order valence-corrected chi connectivity index (χ2v) is 7.86. The van der Waals surface area contributed by atoms with Crippen LogP contribution in [0.3, 0.4) is 0 Å². The lowest BCUT2D eigenvalue weighted by Gasteiger charge is -2.36. The van der Waals surface area contributed by atoms with Crippen molar-refractivity contribution in [1.29, 1.82) is 0 Å². The van der Waals surface area contributed by atoms with Crippen LogP contribution in [0.1, 0.15) is 48.0 Å². The third-order valence-corrected chi connectivity index (χ3v) is 5.85. The zero-order valence-corrected chi connectivity index (χ0v) is 16.8. The second-order valence-electron chi connectivity index (χ2n) is 7.42. The van der Waals surface area contributed by atoms with E-state index in [0.717, 1.165) is 37.7 Å². The van der Waals surface area contributed by atoms with Crippen LogP contribution in [0.4, 0.5) is 0 Å². The number of hydrazine groups is 1. The van der Waals surface area contributed by atoms with E-state index in [1.165, 1.54) is 0 Å². The van der Waals surface area contributed by atoms with E-state index in [1.807, 2.05) is 18.2 Å². The minimum Gasteiger partial charge on any atom is -0.486 e. The van der Waals surface area contributed by atoms with E-state index >= 15 is 0 Å². The maximum absolute atomic E-state index is 13.2. The van der Waals surface area contributed by atoms with Crippen molar-refractivity contribution in [3.05, 3.63) is 58.6 Å². The fourth-order valence-electron chi connectivity index (χ4n) is 4.08. The Morgan fingerprint density at radius 1 is 0.897 bits per heavy atom. The molecule has 4 rings (SSSR count). The van der Waals surface area contributed by atoms with Gasteiger partial charge in [-0.2, -0.15) is 0 Å². The van der Waals surface area contributed by atoms with Crippen LogP contribution in [0.25, 0.3) is 0 Å². The molecule has 1 heterocycles. The van der Waals surface area contributed by atoms with E-state index in [-0.39, 0.29) is 5.91 Å². The summed E-state index contributed by atoms with van der Waals surface area (Å²) in [7, 11) is 0. The first kappa shape index (κ1) is 19.6. The quantitative estimate of drug-likeness (QED) is 0.749. The maximum Gasteiger partial charge on any atom is 0.269 e. The molecule has 1 aliphatic heterocycles. The highest BCUT2D eigenvalue weighted by Gasteiger charge is 2.41. The van der Waals surface area contributed by atoms with Gasteiger partial charge in [-0.15, -0.1) is 0 Å². The number of hydrogen-bond donors (Lipinski definition) is 2. The lowest BCUT2D eigenvalue weighted by atomic mass is 9.69. The normalized spacial score (nSPS) is 17.3. The number of fused-ring (bicyclic) bond motifs is 1. The van der Waals surface area contributed by atoms with Crippen molar-refractivity contribution in [2.75, 3.05) is 13.2 Å². The number of ether oxygens (including phenoxy) is 2. The standard InChI is InChI=1S/C22H23ClN2O4/c23-17-6-4-5-16(14-17)22(9-2-1-3-10-22)21(27)25-24-20(26)15-7-8-18-19(13-15)29-12-11-28-18/h4-8,13-14H,1-3,9-12H2,(H,24,26)(H,25,27). The van der Waals surface area contributed by atoms with Crippen LogP contribution in [0.15, 0.2) is 42.5 Å². The molecule has 1 saturated carbocycles. The molecule has 2 amide bonds. The first-order chi connectivity index (χ1) is 14.1. The van der Waals surface area contributed by atoms with Crippen LogP contribution >= 0.6 is 11.6 Å². The van der Waals surface area contributed by atoms with Gasteiger partial charge in [-0.25, -0.2) is 0 Å². The molecule has 0 atom stereocenters. The third-order valence-electron chi connectivity index (χ3n) is 5.61. The summed E-state index contributed by atoms with van der Waals surface area (Å²) in [4.78, 5) is 25.8. The number of hydrogen-bond acceptors (Lipinski definition) is 4. The molecule has 2 aromatic rings. The van der Waals surface area contributed by atoms with Gasteiger partial charge >= 0.3 is 0 Å². The smallest absolute Gasteiger partial charge is 0.269 e. The monoisotopic (exact) mass is 414 g/mol. The minimum absolute atomic E-state index is 0.217. The van der Waals surface area contributed by atoms with Gasteiger partial charge in [0.15, 0.2) is 11.5 Å². The Morgan fingerprint density at radius 2 is 1.66 bits per heavy atom. The van der Waals surface area contributed by atoms with Gasteiger partial charge in [0.2, 0.25) is 5.91 Å². The zero-order valence-electron chi connectivity index (χ0n) is 16.0. The molecule has 0 radical (unpaired) electrons. The van der Waals surface area contributed by atoms with Crippen LogP contribution in [-0.2, 0) is 10.2 Å². The molecule has 0 unspecified atom stereocenters. The summed E-state index contributed by atoms with van der Waals surface area (Å²) in [6.07, 6.45) is 4.45. The summed E-state index contributed by atoms with van der Waals surface area (Å²) in [6, 6.07) is 12.4. The minimum atomic E-state index is -0.691. The second kappa shape index (κ2) is 8.33. The number of halogens is 1. The molecule has 0 spiro atoms. The van der Waals surface area contributed by atoms with Gasteiger partial charge in [-0.05, 0) is 48.7 Å². The van der Waals surface area contributed by atoms with E-state index in [9.17, 15) is 9.59 Å². The molecule has 0 bridgehead atoms. The van der Waals surface area contributed by atoms with Gasteiger partial charge in [0.1, 0.15) is 13.2 Å². The van der Waals surface area contributed by atoms with Crippen LogP contribution in [0.2, 0.25) is 5.02 Å². The highest BCUT2D eigenvalue weighted by molar-refractivity contribution is 6.30. The van der Waals surface area contributed by atoms with Crippen LogP contribution in [0, 0.1) is 0 Å². The number of carbonyl (C=O) groups is 2. The van der Waals surface area contributed by atoms with Gasteiger partial charge in [0.25, 0.3) is 5.91 Å². The molecule has 6 nitrogen and oxygen atoms in total. The molecule has 2 aromatic carbocycles. The third kappa shape index (κ3) is 4.03. The van der Waals surface area contributed by atoms with Gasteiger partial charge in [-0.1, -0.05) is 43.0 Å². The number of amides is 2. The van der Waals surface area contributed by atoms with Crippen LogP contribution < -0.4 is 20.3 Å². The predicted octanol–water partition coefficient (Wildman–Crippen LogP) is 3.77. The summed E-state index contributed by atoms with van der Waals surface area (Å²) >= 11 is 6.17. The summed E-state index contributed by atoms with van der Waals surface area (Å²) in [5, 5.41) is 0.598. The molecule has 0 aromatic heterocycles.